The van der Waals surface area contributed by atoms with Crippen LogP contribution in [-0.4, -0.2) is 29.0 Å². The van der Waals surface area contributed by atoms with E-state index in [9.17, 15) is 0 Å². The lowest BCUT2D eigenvalue weighted by atomic mass is 9.93. The summed E-state index contributed by atoms with van der Waals surface area (Å²) < 4.78 is 0. The largest absolute Gasteiger partial charge is 0.361 e. The van der Waals surface area contributed by atoms with Crippen LogP contribution in [0.5, 0.6) is 0 Å². The molecule has 19 heavy (non-hydrogen) atoms. The predicted octanol–water partition coefficient (Wildman–Crippen LogP) is 2.73. The summed E-state index contributed by atoms with van der Waals surface area (Å²) in [6, 6.07) is 9.20. The van der Waals surface area contributed by atoms with Gasteiger partial charge in [-0.15, -0.1) is 0 Å². The van der Waals surface area contributed by atoms with Gasteiger partial charge in [-0.05, 0) is 43.9 Å². The van der Waals surface area contributed by atoms with Crippen LogP contribution >= 0.6 is 0 Å². The average Bonchev–Trinajstić information content (AvgIpc) is 2.85. The molecule has 1 saturated heterocycles. The van der Waals surface area contributed by atoms with Gasteiger partial charge in [0.15, 0.2) is 0 Å². The Morgan fingerprint density at radius 1 is 1.32 bits per heavy atom. The van der Waals surface area contributed by atoms with Crippen LogP contribution in [0, 0.1) is 5.92 Å². The van der Waals surface area contributed by atoms with E-state index in [4.69, 9.17) is 5.73 Å². The minimum Gasteiger partial charge on any atom is -0.361 e. The van der Waals surface area contributed by atoms with Crippen LogP contribution in [0.1, 0.15) is 25.3 Å². The number of nitrogens with two attached hydrogens (primary N) is 1. The molecule has 102 valence electrons. The fraction of sp³-hybridized carbons (Fsp3) is 0.500. The summed E-state index contributed by atoms with van der Waals surface area (Å²) in [6.45, 7) is 5.32. The Hall–Kier alpha value is -1.32. The van der Waals surface area contributed by atoms with E-state index in [1.54, 1.807) is 0 Å². The van der Waals surface area contributed by atoms with E-state index in [-0.39, 0.29) is 0 Å². The molecule has 1 aromatic carbocycles. The van der Waals surface area contributed by atoms with Gasteiger partial charge in [0.2, 0.25) is 0 Å². The average molecular weight is 257 g/mol. The molecule has 3 nitrogen and oxygen atoms in total. The summed E-state index contributed by atoms with van der Waals surface area (Å²) in [5, 5.41) is 1.35. The van der Waals surface area contributed by atoms with Crippen molar-refractivity contribution in [3.05, 3.63) is 36.0 Å². The number of nitrogens with zero attached hydrogens (tertiary/aromatic N) is 1. The molecule has 0 spiro atoms. The molecule has 1 aliphatic heterocycles. The Labute approximate surface area is 114 Å². The van der Waals surface area contributed by atoms with Crippen LogP contribution in [-0.2, 0) is 6.54 Å². The van der Waals surface area contributed by atoms with Crippen LogP contribution < -0.4 is 5.73 Å². The fourth-order valence-electron chi connectivity index (χ4n) is 3.16. The summed E-state index contributed by atoms with van der Waals surface area (Å²) >= 11 is 0. The number of hydrogen-bond donors (Lipinski definition) is 2. The maximum absolute atomic E-state index is 5.84. The van der Waals surface area contributed by atoms with Gasteiger partial charge in [-0.25, -0.2) is 0 Å². The molecule has 2 atom stereocenters. The van der Waals surface area contributed by atoms with Gasteiger partial charge in [-0.2, -0.15) is 0 Å². The number of fused-ring (bicyclic) bond motifs is 1. The SMILES string of the molecule is CC1CCC(CN)CN1Cc1c[nH]c2ccccc12. The van der Waals surface area contributed by atoms with Crippen LogP contribution in [0.2, 0.25) is 0 Å². The second-order valence-electron chi connectivity index (χ2n) is 5.82. The molecular weight excluding hydrogens is 234 g/mol. The lowest BCUT2D eigenvalue weighted by molar-refractivity contribution is 0.114. The lowest BCUT2D eigenvalue weighted by Gasteiger charge is -2.37. The maximum Gasteiger partial charge on any atom is 0.0457 e. The number of rotatable bonds is 3. The van der Waals surface area contributed by atoms with Crippen LogP contribution in [0.25, 0.3) is 10.9 Å². The third kappa shape index (κ3) is 2.53. The summed E-state index contributed by atoms with van der Waals surface area (Å²) in [6.07, 6.45) is 4.70. The molecule has 2 heterocycles. The molecule has 1 aliphatic rings. The number of aromatic nitrogens is 1. The fourth-order valence-corrected chi connectivity index (χ4v) is 3.16. The highest BCUT2D eigenvalue weighted by Gasteiger charge is 2.25. The van der Waals surface area contributed by atoms with Crippen molar-refractivity contribution in [1.82, 2.24) is 9.88 Å². The van der Waals surface area contributed by atoms with Gasteiger partial charge >= 0.3 is 0 Å². The third-order valence-corrected chi connectivity index (χ3v) is 4.49. The molecule has 0 radical (unpaired) electrons. The highest BCUT2D eigenvalue weighted by molar-refractivity contribution is 5.82. The first kappa shape index (κ1) is 12.7. The van der Waals surface area contributed by atoms with Gasteiger partial charge in [0.05, 0.1) is 0 Å². The summed E-state index contributed by atoms with van der Waals surface area (Å²) in [4.78, 5) is 5.95. The zero-order valence-electron chi connectivity index (χ0n) is 11.6. The van der Waals surface area contributed by atoms with Gasteiger partial charge in [0.25, 0.3) is 0 Å². The highest BCUT2D eigenvalue weighted by atomic mass is 15.2. The van der Waals surface area contributed by atoms with Crippen molar-refractivity contribution in [2.24, 2.45) is 11.7 Å². The zero-order chi connectivity index (χ0) is 13.2. The second-order valence-corrected chi connectivity index (χ2v) is 5.82. The molecule has 3 heteroatoms. The van der Waals surface area contributed by atoms with Crippen molar-refractivity contribution >= 4 is 10.9 Å². The van der Waals surface area contributed by atoms with Gasteiger partial charge in [-0.1, -0.05) is 18.2 Å². The highest BCUT2D eigenvalue weighted by Crippen LogP contribution is 2.25. The van der Waals surface area contributed by atoms with E-state index in [0.29, 0.717) is 12.0 Å². The van der Waals surface area contributed by atoms with E-state index >= 15 is 0 Å². The zero-order valence-corrected chi connectivity index (χ0v) is 11.6. The molecular formula is C16H23N3. The Kier molecular flexibility index (Phi) is 3.58. The Morgan fingerprint density at radius 3 is 3.00 bits per heavy atom. The van der Waals surface area contributed by atoms with Crippen molar-refractivity contribution < 1.29 is 0 Å². The molecule has 2 aromatic rings. The predicted molar refractivity (Wildman–Crippen MR) is 79.9 cm³/mol. The van der Waals surface area contributed by atoms with Crippen LogP contribution in [0.15, 0.2) is 30.5 Å². The standard InChI is InChI=1S/C16H23N3/c1-12-6-7-13(8-17)10-19(12)11-14-9-18-16-5-3-2-4-15(14)16/h2-5,9,12-13,18H,6-8,10-11,17H2,1H3. The molecule has 3 N–H and O–H groups in total. The number of nitrogens with one attached hydrogen (secondary N) is 1. The molecule has 2 unspecified atom stereocenters. The van der Waals surface area contributed by atoms with Crippen molar-refractivity contribution in [2.45, 2.75) is 32.4 Å². The van der Waals surface area contributed by atoms with Gasteiger partial charge < -0.3 is 10.7 Å². The summed E-state index contributed by atoms with van der Waals surface area (Å²) in [5.74, 6) is 0.668. The molecule has 1 fully saturated rings. The number of aromatic amines is 1. The number of likely N-dealkylation sites (tertiary alicyclic amines) is 1. The van der Waals surface area contributed by atoms with E-state index in [2.05, 4.69) is 47.3 Å². The first-order chi connectivity index (χ1) is 9.28. The van der Waals surface area contributed by atoms with Gasteiger partial charge in [-0.3, -0.25) is 4.90 Å². The number of para-hydroxylation sites is 1. The summed E-state index contributed by atoms with van der Waals surface area (Å²) in [7, 11) is 0. The van der Waals surface area contributed by atoms with E-state index in [1.807, 2.05) is 0 Å². The number of hydrogen-bond acceptors (Lipinski definition) is 2. The van der Waals surface area contributed by atoms with Crippen LogP contribution in [0.4, 0.5) is 0 Å². The Bertz CT molecular complexity index is 546. The molecule has 1 aromatic heterocycles. The van der Waals surface area contributed by atoms with Crippen molar-refractivity contribution in [3.63, 3.8) is 0 Å². The van der Waals surface area contributed by atoms with E-state index in [0.717, 1.165) is 19.6 Å². The first-order valence-corrected chi connectivity index (χ1v) is 7.27. The molecule has 0 bridgehead atoms. The summed E-state index contributed by atoms with van der Waals surface area (Å²) in [5.41, 5.74) is 8.48. The molecule has 3 rings (SSSR count). The van der Waals surface area contributed by atoms with Crippen LogP contribution in [0.3, 0.4) is 0 Å². The smallest absolute Gasteiger partial charge is 0.0457 e. The maximum atomic E-state index is 5.84. The molecule has 0 saturated carbocycles. The molecule has 0 amide bonds. The monoisotopic (exact) mass is 257 g/mol. The molecule has 0 aliphatic carbocycles. The number of piperidine rings is 1. The van der Waals surface area contributed by atoms with E-state index < -0.39 is 0 Å². The topological polar surface area (TPSA) is 45.0 Å². The third-order valence-electron chi connectivity index (χ3n) is 4.49. The van der Waals surface area contributed by atoms with Gasteiger partial charge in [0, 0.05) is 36.2 Å². The lowest BCUT2D eigenvalue weighted by Crippen LogP contribution is -2.43. The van der Waals surface area contributed by atoms with E-state index in [1.165, 1.54) is 29.3 Å². The first-order valence-electron chi connectivity index (χ1n) is 7.27. The Balaban J connectivity index is 1.80. The number of H-pyrrole nitrogens is 1. The van der Waals surface area contributed by atoms with Crippen molar-refractivity contribution in [1.29, 1.82) is 0 Å². The Morgan fingerprint density at radius 2 is 2.16 bits per heavy atom. The van der Waals surface area contributed by atoms with Gasteiger partial charge in [0.1, 0.15) is 0 Å². The number of benzene rings is 1. The van der Waals surface area contributed by atoms with Crippen molar-refractivity contribution in [3.8, 4) is 0 Å². The van der Waals surface area contributed by atoms with Crippen molar-refractivity contribution in [2.75, 3.05) is 13.1 Å². The minimum absolute atomic E-state index is 0.663. The minimum atomic E-state index is 0.663. The second kappa shape index (κ2) is 5.35. The normalized spacial score (nSPS) is 24.9. The quantitative estimate of drug-likeness (QED) is 0.888.